The predicted molar refractivity (Wildman–Crippen MR) is 77.7 cm³/mol. The highest BCUT2D eigenvalue weighted by Crippen LogP contribution is 2.25. The molecule has 19 heavy (non-hydrogen) atoms. The summed E-state index contributed by atoms with van der Waals surface area (Å²) in [6.45, 7) is 0. The average molecular weight is 346 g/mol. The SMILES string of the molecule is Fc1cccc(C(CCl)Cc2ccc(F)c(Br)c2)c1. The minimum atomic E-state index is -0.295. The van der Waals surface area contributed by atoms with Crippen molar-refractivity contribution in [2.24, 2.45) is 0 Å². The van der Waals surface area contributed by atoms with Crippen molar-refractivity contribution < 1.29 is 8.78 Å². The minimum absolute atomic E-state index is 0.00901. The maximum atomic E-state index is 13.2. The molecule has 4 heteroatoms. The Morgan fingerprint density at radius 3 is 2.53 bits per heavy atom. The van der Waals surface area contributed by atoms with Crippen LogP contribution in [-0.4, -0.2) is 5.88 Å². The van der Waals surface area contributed by atoms with Gasteiger partial charge in [0.2, 0.25) is 0 Å². The molecule has 0 fully saturated rings. The lowest BCUT2D eigenvalue weighted by molar-refractivity contribution is 0.617. The summed E-state index contributed by atoms with van der Waals surface area (Å²) in [5.41, 5.74) is 1.82. The van der Waals surface area contributed by atoms with E-state index in [4.69, 9.17) is 11.6 Å². The van der Waals surface area contributed by atoms with E-state index >= 15 is 0 Å². The van der Waals surface area contributed by atoms with Crippen LogP contribution < -0.4 is 0 Å². The second-order valence-electron chi connectivity index (χ2n) is 4.36. The van der Waals surface area contributed by atoms with Gasteiger partial charge >= 0.3 is 0 Å². The monoisotopic (exact) mass is 344 g/mol. The van der Waals surface area contributed by atoms with Crippen molar-refractivity contribution in [1.82, 2.24) is 0 Å². The van der Waals surface area contributed by atoms with Crippen LogP contribution in [0.15, 0.2) is 46.9 Å². The lowest BCUT2D eigenvalue weighted by Gasteiger charge is -2.15. The van der Waals surface area contributed by atoms with E-state index < -0.39 is 0 Å². The van der Waals surface area contributed by atoms with Crippen LogP contribution in [0.1, 0.15) is 17.0 Å². The van der Waals surface area contributed by atoms with Gasteiger partial charge in [0.05, 0.1) is 4.47 Å². The Labute approximate surface area is 124 Å². The third-order valence-corrected chi connectivity index (χ3v) is 3.95. The summed E-state index contributed by atoms with van der Waals surface area (Å²) in [5, 5.41) is 0. The molecule has 0 spiro atoms. The molecule has 0 N–H and O–H groups in total. The molecule has 2 aromatic rings. The Balaban J connectivity index is 2.21. The number of alkyl halides is 1. The molecule has 1 unspecified atom stereocenters. The van der Waals surface area contributed by atoms with Gasteiger partial charge < -0.3 is 0 Å². The normalized spacial score (nSPS) is 12.4. The zero-order valence-corrected chi connectivity index (χ0v) is 12.4. The van der Waals surface area contributed by atoms with Crippen molar-refractivity contribution in [3.63, 3.8) is 0 Å². The van der Waals surface area contributed by atoms with Crippen LogP contribution in [0.5, 0.6) is 0 Å². The third-order valence-electron chi connectivity index (χ3n) is 2.97. The van der Waals surface area contributed by atoms with Crippen LogP contribution >= 0.6 is 27.5 Å². The minimum Gasteiger partial charge on any atom is -0.207 e. The van der Waals surface area contributed by atoms with E-state index in [9.17, 15) is 8.78 Å². The van der Waals surface area contributed by atoms with E-state index in [1.165, 1.54) is 18.2 Å². The van der Waals surface area contributed by atoms with Crippen molar-refractivity contribution in [2.45, 2.75) is 12.3 Å². The van der Waals surface area contributed by atoms with Crippen molar-refractivity contribution >= 4 is 27.5 Å². The van der Waals surface area contributed by atoms with Crippen LogP contribution in [0.25, 0.3) is 0 Å². The molecule has 0 nitrogen and oxygen atoms in total. The third kappa shape index (κ3) is 3.77. The molecule has 0 saturated heterocycles. The molecule has 0 aliphatic rings. The van der Waals surface area contributed by atoms with Crippen LogP contribution in [0.2, 0.25) is 0 Å². The molecule has 2 rings (SSSR count). The van der Waals surface area contributed by atoms with E-state index in [1.807, 2.05) is 6.07 Å². The van der Waals surface area contributed by atoms with Gasteiger partial charge in [-0.2, -0.15) is 0 Å². The number of rotatable bonds is 4. The standard InChI is InChI=1S/C15H12BrClF2/c16-14-7-10(4-5-15(14)19)6-12(9-17)11-2-1-3-13(18)8-11/h1-5,7-8,12H,6,9H2. The van der Waals surface area contributed by atoms with Crippen LogP contribution in [0, 0.1) is 11.6 Å². The summed E-state index contributed by atoms with van der Waals surface area (Å²) in [5.74, 6) is -0.169. The number of hydrogen-bond acceptors (Lipinski definition) is 0. The van der Waals surface area contributed by atoms with Gasteiger partial charge in [0.15, 0.2) is 0 Å². The predicted octanol–water partition coefficient (Wildman–Crippen LogP) is 5.29. The fourth-order valence-electron chi connectivity index (χ4n) is 1.97. The Morgan fingerprint density at radius 2 is 1.89 bits per heavy atom. The summed E-state index contributed by atoms with van der Waals surface area (Å²) < 4.78 is 26.8. The first-order valence-corrected chi connectivity index (χ1v) is 7.18. The van der Waals surface area contributed by atoms with E-state index in [0.717, 1.165) is 11.1 Å². The molecule has 100 valence electrons. The van der Waals surface area contributed by atoms with Gasteiger partial charge in [-0.1, -0.05) is 18.2 Å². The molecule has 0 amide bonds. The molecule has 0 aromatic heterocycles. The highest BCUT2D eigenvalue weighted by molar-refractivity contribution is 9.10. The molecule has 1 atom stereocenters. The van der Waals surface area contributed by atoms with E-state index in [1.54, 1.807) is 18.2 Å². The molecule has 0 aliphatic carbocycles. The maximum absolute atomic E-state index is 13.2. The summed E-state index contributed by atoms with van der Waals surface area (Å²) >= 11 is 9.12. The smallest absolute Gasteiger partial charge is 0.137 e. The van der Waals surface area contributed by atoms with Crippen molar-refractivity contribution in [3.05, 3.63) is 69.7 Å². The number of benzene rings is 2. The molecular formula is C15H12BrClF2. The van der Waals surface area contributed by atoms with Gasteiger partial charge in [0.1, 0.15) is 11.6 Å². The highest BCUT2D eigenvalue weighted by Gasteiger charge is 2.13. The van der Waals surface area contributed by atoms with E-state index in [-0.39, 0.29) is 17.6 Å². The Bertz CT molecular complexity index is 572. The first kappa shape index (κ1) is 14.5. The average Bonchev–Trinajstić information content (AvgIpc) is 2.40. The highest BCUT2D eigenvalue weighted by atomic mass is 79.9. The Morgan fingerprint density at radius 1 is 1.11 bits per heavy atom. The number of hydrogen-bond donors (Lipinski definition) is 0. The second-order valence-corrected chi connectivity index (χ2v) is 5.52. The van der Waals surface area contributed by atoms with Gasteiger partial charge in [-0.15, -0.1) is 11.6 Å². The van der Waals surface area contributed by atoms with Crippen LogP contribution in [-0.2, 0) is 6.42 Å². The van der Waals surface area contributed by atoms with Crippen molar-refractivity contribution in [2.75, 3.05) is 5.88 Å². The summed E-state index contributed by atoms with van der Waals surface area (Å²) in [4.78, 5) is 0. The zero-order valence-electron chi connectivity index (χ0n) is 10.0. The van der Waals surface area contributed by atoms with Crippen LogP contribution in [0.4, 0.5) is 8.78 Å². The van der Waals surface area contributed by atoms with Gasteiger partial charge in [-0.3, -0.25) is 0 Å². The molecule has 0 aliphatic heterocycles. The summed E-state index contributed by atoms with van der Waals surface area (Å²) in [6, 6.07) is 11.3. The van der Waals surface area contributed by atoms with Crippen molar-refractivity contribution in [3.8, 4) is 0 Å². The Hall–Kier alpha value is -0.930. The largest absolute Gasteiger partial charge is 0.207 e. The first-order chi connectivity index (χ1) is 9.10. The fraction of sp³-hybridized carbons (Fsp3) is 0.200. The maximum Gasteiger partial charge on any atom is 0.137 e. The molecular weight excluding hydrogens is 334 g/mol. The topological polar surface area (TPSA) is 0 Å². The second kappa shape index (κ2) is 6.49. The lowest BCUT2D eigenvalue weighted by atomic mass is 9.93. The van der Waals surface area contributed by atoms with Gasteiger partial charge in [-0.25, -0.2) is 8.78 Å². The molecule has 0 bridgehead atoms. The van der Waals surface area contributed by atoms with Crippen LogP contribution in [0.3, 0.4) is 0 Å². The summed E-state index contributed by atoms with van der Waals surface area (Å²) in [7, 11) is 0. The number of halogens is 4. The molecule has 0 radical (unpaired) electrons. The quantitative estimate of drug-likeness (QED) is 0.660. The van der Waals surface area contributed by atoms with Gasteiger partial charge in [0, 0.05) is 11.8 Å². The van der Waals surface area contributed by atoms with Gasteiger partial charge in [0.25, 0.3) is 0 Å². The fourth-order valence-corrected chi connectivity index (χ4v) is 2.69. The van der Waals surface area contributed by atoms with Crippen molar-refractivity contribution in [1.29, 1.82) is 0 Å². The first-order valence-electron chi connectivity index (χ1n) is 5.85. The van der Waals surface area contributed by atoms with E-state index in [0.29, 0.717) is 16.8 Å². The van der Waals surface area contributed by atoms with Gasteiger partial charge in [-0.05, 0) is 57.7 Å². The molecule has 2 aromatic carbocycles. The lowest BCUT2D eigenvalue weighted by Crippen LogP contribution is -2.05. The molecule has 0 heterocycles. The molecule has 0 saturated carbocycles. The van der Waals surface area contributed by atoms with E-state index in [2.05, 4.69) is 15.9 Å². The zero-order chi connectivity index (χ0) is 13.8. The summed E-state index contributed by atoms with van der Waals surface area (Å²) in [6.07, 6.45) is 0.645. The Kier molecular flexibility index (Phi) is 4.94.